The number of carboxylic acids is 1. The zero-order valence-corrected chi connectivity index (χ0v) is 16.7. The average molecular weight is 397 g/mol. The lowest BCUT2D eigenvalue weighted by Crippen LogP contribution is -2.25. The highest BCUT2D eigenvalue weighted by Gasteiger charge is 2.34. The van der Waals surface area contributed by atoms with E-state index in [9.17, 15) is 9.59 Å². The third-order valence-corrected chi connectivity index (χ3v) is 4.96. The van der Waals surface area contributed by atoms with E-state index >= 15 is 0 Å². The van der Waals surface area contributed by atoms with Gasteiger partial charge in [0.25, 0.3) is 0 Å². The average Bonchev–Trinajstić information content (AvgIpc) is 3.08. The molecule has 0 bridgehead atoms. The molecule has 0 aromatic heterocycles. The Morgan fingerprint density at radius 2 is 1.90 bits per heavy atom. The quantitative estimate of drug-likeness (QED) is 0.621. The summed E-state index contributed by atoms with van der Waals surface area (Å²) in [4.78, 5) is 24.8. The molecule has 1 unspecified atom stereocenters. The van der Waals surface area contributed by atoms with Crippen LogP contribution in [-0.2, 0) is 22.6 Å². The number of carboxylic acid groups (broad SMARTS) is 1. The maximum atomic E-state index is 12.1. The third-order valence-electron chi connectivity index (χ3n) is 4.96. The predicted octanol–water partition coefficient (Wildman–Crippen LogP) is 3.53. The van der Waals surface area contributed by atoms with E-state index in [0.29, 0.717) is 31.3 Å². The third kappa shape index (κ3) is 5.73. The second kappa shape index (κ2) is 9.96. The van der Waals surface area contributed by atoms with E-state index in [1.807, 2.05) is 43.3 Å². The van der Waals surface area contributed by atoms with Crippen molar-refractivity contribution >= 4 is 11.9 Å². The fourth-order valence-corrected chi connectivity index (χ4v) is 3.45. The van der Waals surface area contributed by atoms with Crippen LogP contribution in [0.2, 0.25) is 0 Å². The molecule has 1 aliphatic rings. The fourth-order valence-electron chi connectivity index (χ4n) is 3.45. The molecule has 3 rings (SSSR count). The summed E-state index contributed by atoms with van der Waals surface area (Å²) in [6.07, 6.45) is 1.91. The van der Waals surface area contributed by atoms with Crippen molar-refractivity contribution in [2.45, 2.75) is 32.7 Å². The summed E-state index contributed by atoms with van der Waals surface area (Å²) in [5.74, 6) is -0.348. The lowest BCUT2D eigenvalue weighted by Gasteiger charge is -2.18. The molecule has 1 heterocycles. The van der Waals surface area contributed by atoms with E-state index in [4.69, 9.17) is 14.6 Å². The molecule has 1 saturated heterocycles. The van der Waals surface area contributed by atoms with Crippen LogP contribution in [0.3, 0.4) is 0 Å². The standard InChI is InChI=1S/C23H27NO5/c1-2-28-21-13-18(15-24-16-19(23(26)27)14-22(24)25)10-11-20(21)29-12-6-9-17-7-4-3-5-8-17/h3-5,7-8,10-11,13,19H,2,6,9,12,14-16H2,1H3,(H,26,27). The molecule has 1 fully saturated rings. The van der Waals surface area contributed by atoms with Crippen LogP contribution < -0.4 is 9.47 Å². The van der Waals surface area contributed by atoms with Gasteiger partial charge in [-0.3, -0.25) is 9.59 Å². The van der Waals surface area contributed by atoms with E-state index in [1.165, 1.54) is 5.56 Å². The Bertz CT molecular complexity index is 836. The Kier molecular flexibility index (Phi) is 7.11. The molecular weight excluding hydrogens is 370 g/mol. The number of hydrogen-bond acceptors (Lipinski definition) is 4. The lowest BCUT2D eigenvalue weighted by molar-refractivity contribution is -0.141. The first-order chi connectivity index (χ1) is 14.1. The number of carbonyl (C=O) groups excluding carboxylic acids is 1. The van der Waals surface area contributed by atoms with Crippen molar-refractivity contribution in [3.05, 3.63) is 59.7 Å². The summed E-state index contributed by atoms with van der Waals surface area (Å²) in [6, 6.07) is 15.9. The topological polar surface area (TPSA) is 76.1 Å². The van der Waals surface area contributed by atoms with Crippen LogP contribution in [0, 0.1) is 5.92 Å². The van der Waals surface area contributed by atoms with Gasteiger partial charge in [0.15, 0.2) is 11.5 Å². The number of likely N-dealkylation sites (tertiary alicyclic amines) is 1. The number of aryl methyl sites for hydroxylation is 1. The molecule has 1 aliphatic heterocycles. The van der Waals surface area contributed by atoms with E-state index in [1.54, 1.807) is 4.90 Å². The van der Waals surface area contributed by atoms with E-state index < -0.39 is 11.9 Å². The summed E-state index contributed by atoms with van der Waals surface area (Å²) in [5.41, 5.74) is 2.18. The van der Waals surface area contributed by atoms with Crippen molar-refractivity contribution in [2.75, 3.05) is 19.8 Å². The van der Waals surface area contributed by atoms with E-state index in [-0.39, 0.29) is 18.9 Å². The minimum Gasteiger partial charge on any atom is -0.490 e. The second-order valence-electron chi connectivity index (χ2n) is 7.17. The molecule has 1 N–H and O–H groups in total. The Hall–Kier alpha value is -3.02. The smallest absolute Gasteiger partial charge is 0.308 e. The zero-order chi connectivity index (χ0) is 20.6. The van der Waals surface area contributed by atoms with E-state index in [2.05, 4.69) is 12.1 Å². The van der Waals surface area contributed by atoms with Gasteiger partial charge in [-0.15, -0.1) is 0 Å². The maximum absolute atomic E-state index is 12.1. The van der Waals surface area contributed by atoms with Crippen LogP contribution in [0.5, 0.6) is 11.5 Å². The number of ether oxygens (including phenoxy) is 2. The molecule has 29 heavy (non-hydrogen) atoms. The number of hydrogen-bond donors (Lipinski definition) is 1. The number of rotatable bonds is 10. The summed E-state index contributed by atoms with van der Waals surface area (Å²) in [5, 5.41) is 9.13. The van der Waals surface area contributed by atoms with Gasteiger partial charge in [0.2, 0.25) is 5.91 Å². The van der Waals surface area contributed by atoms with Crippen LogP contribution in [-0.4, -0.2) is 41.6 Å². The first kappa shape index (κ1) is 20.7. The van der Waals surface area contributed by atoms with Crippen LogP contribution in [0.25, 0.3) is 0 Å². The number of benzene rings is 2. The van der Waals surface area contributed by atoms with Crippen molar-refractivity contribution in [1.82, 2.24) is 4.90 Å². The van der Waals surface area contributed by atoms with Crippen molar-refractivity contribution in [1.29, 1.82) is 0 Å². The maximum Gasteiger partial charge on any atom is 0.308 e. The summed E-state index contributed by atoms with van der Waals surface area (Å²) >= 11 is 0. The fraction of sp³-hybridized carbons (Fsp3) is 0.391. The normalized spacial score (nSPS) is 16.1. The first-order valence-electron chi connectivity index (χ1n) is 10.00. The molecule has 2 aromatic rings. The second-order valence-corrected chi connectivity index (χ2v) is 7.17. The highest BCUT2D eigenvalue weighted by molar-refractivity contribution is 5.86. The van der Waals surface area contributed by atoms with Crippen LogP contribution in [0.4, 0.5) is 0 Å². The minimum absolute atomic E-state index is 0.0657. The van der Waals surface area contributed by atoms with Gasteiger partial charge in [-0.1, -0.05) is 36.4 Å². The highest BCUT2D eigenvalue weighted by Crippen LogP contribution is 2.30. The molecular formula is C23H27NO5. The number of carbonyl (C=O) groups is 2. The molecule has 0 saturated carbocycles. The highest BCUT2D eigenvalue weighted by atomic mass is 16.5. The molecule has 1 amide bonds. The van der Waals surface area contributed by atoms with Gasteiger partial charge in [-0.05, 0) is 43.0 Å². The van der Waals surface area contributed by atoms with Gasteiger partial charge >= 0.3 is 5.97 Å². The summed E-state index contributed by atoms with van der Waals surface area (Å²) in [6.45, 7) is 3.62. The summed E-state index contributed by atoms with van der Waals surface area (Å²) in [7, 11) is 0. The van der Waals surface area contributed by atoms with Gasteiger partial charge in [-0.2, -0.15) is 0 Å². The lowest BCUT2D eigenvalue weighted by atomic mass is 10.1. The molecule has 0 radical (unpaired) electrons. The van der Waals surface area contributed by atoms with Gasteiger partial charge in [-0.25, -0.2) is 0 Å². The number of amides is 1. The molecule has 0 aliphatic carbocycles. The molecule has 154 valence electrons. The van der Waals surface area contributed by atoms with Gasteiger partial charge in [0, 0.05) is 19.5 Å². The van der Waals surface area contributed by atoms with E-state index in [0.717, 1.165) is 18.4 Å². The minimum atomic E-state index is -0.921. The molecule has 6 heteroatoms. The Morgan fingerprint density at radius 1 is 1.10 bits per heavy atom. The molecule has 6 nitrogen and oxygen atoms in total. The Balaban J connectivity index is 1.58. The van der Waals surface area contributed by atoms with Crippen molar-refractivity contribution in [3.63, 3.8) is 0 Å². The Morgan fingerprint density at radius 3 is 2.59 bits per heavy atom. The van der Waals surface area contributed by atoms with Crippen LogP contribution in [0.1, 0.15) is 30.9 Å². The Labute approximate surface area is 171 Å². The molecule has 2 aromatic carbocycles. The van der Waals surface area contributed by atoms with Gasteiger partial charge < -0.3 is 19.5 Å². The molecule has 0 spiro atoms. The predicted molar refractivity (Wildman–Crippen MR) is 109 cm³/mol. The monoisotopic (exact) mass is 397 g/mol. The van der Waals surface area contributed by atoms with Crippen LogP contribution >= 0.6 is 0 Å². The SMILES string of the molecule is CCOc1cc(CN2CC(C(=O)O)CC2=O)ccc1OCCCc1ccccc1. The largest absolute Gasteiger partial charge is 0.490 e. The van der Waals surface area contributed by atoms with Crippen molar-refractivity contribution in [3.8, 4) is 11.5 Å². The zero-order valence-electron chi connectivity index (χ0n) is 16.7. The number of nitrogens with zero attached hydrogens (tertiary/aromatic N) is 1. The first-order valence-corrected chi connectivity index (χ1v) is 10.00. The van der Waals surface area contributed by atoms with Crippen LogP contribution in [0.15, 0.2) is 48.5 Å². The summed E-state index contributed by atoms with van der Waals surface area (Å²) < 4.78 is 11.6. The van der Waals surface area contributed by atoms with Crippen molar-refractivity contribution < 1.29 is 24.2 Å². The molecule has 1 atom stereocenters. The van der Waals surface area contributed by atoms with Gasteiger partial charge in [0.05, 0.1) is 19.1 Å². The van der Waals surface area contributed by atoms with Gasteiger partial charge in [0.1, 0.15) is 0 Å². The number of aliphatic carboxylic acids is 1. The van der Waals surface area contributed by atoms with Crippen molar-refractivity contribution in [2.24, 2.45) is 5.92 Å².